The maximum Gasteiger partial charge on any atom is 0.317 e. The molecular formula is C21H30N2O7S2. The lowest BCUT2D eigenvalue weighted by molar-refractivity contribution is -0.138. The quantitative estimate of drug-likeness (QED) is 0.224. The van der Waals surface area contributed by atoms with Crippen molar-refractivity contribution in [2.24, 2.45) is 5.41 Å². The van der Waals surface area contributed by atoms with E-state index >= 15 is 0 Å². The molecule has 1 rings (SSSR count). The van der Waals surface area contributed by atoms with E-state index in [1.54, 1.807) is 27.7 Å². The van der Waals surface area contributed by atoms with E-state index < -0.39 is 43.4 Å². The van der Waals surface area contributed by atoms with E-state index in [1.807, 2.05) is 0 Å². The molecule has 2 unspecified atom stereocenters. The van der Waals surface area contributed by atoms with Gasteiger partial charge in [0.2, 0.25) is 10.0 Å². The maximum absolute atomic E-state index is 12.9. The summed E-state index contributed by atoms with van der Waals surface area (Å²) >= 11 is 0.932. The van der Waals surface area contributed by atoms with Crippen LogP contribution < -0.4 is 14.9 Å². The van der Waals surface area contributed by atoms with Crippen molar-refractivity contribution >= 4 is 33.7 Å². The van der Waals surface area contributed by atoms with Crippen LogP contribution in [-0.2, 0) is 19.6 Å². The molecule has 0 saturated heterocycles. The lowest BCUT2D eigenvalue weighted by Crippen LogP contribution is -2.57. The SMILES string of the molecule is CC#CCOc1ccc(S(=O)(=O)NC(C(=O)NO)C(C)(C)SC(C(=O)O)C(C)(C)C)cc1. The second kappa shape index (κ2) is 11.0. The highest BCUT2D eigenvalue weighted by molar-refractivity contribution is 8.02. The number of thioether (sulfide) groups is 1. The molecule has 11 heteroatoms. The van der Waals surface area contributed by atoms with Gasteiger partial charge in [0, 0.05) is 4.75 Å². The standard InChI is InChI=1S/C21H30N2O7S2/c1-7-8-13-30-14-9-11-15(12-10-14)32(28,29)23-16(18(24)22-27)21(5,6)31-17(19(25)26)20(2,3)4/h9-12,16-17,23,27H,13H2,1-6H3,(H,22,24)(H,25,26). The van der Waals surface area contributed by atoms with Gasteiger partial charge < -0.3 is 9.84 Å². The van der Waals surface area contributed by atoms with Crippen LogP contribution in [0.25, 0.3) is 0 Å². The lowest BCUT2D eigenvalue weighted by Gasteiger charge is -2.38. The van der Waals surface area contributed by atoms with E-state index in [9.17, 15) is 28.3 Å². The Hall–Kier alpha value is -2.26. The van der Waals surface area contributed by atoms with Crippen molar-refractivity contribution in [3.8, 4) is 17.6 Å². The molecule has 9 nitrogen and oxygen atoms in total. The van der Waals surface area contributed by atoms with Gasteiger partial charge in [-0.15, -0.1) is 17.7 Å². The van der Waals surface area contributed by atoms with Gasteiger partial charge >= 0.3 is 5.97 Å². The topological polar surface area (TPSA) is 142 Å². The van der Waals surface area contributed by atoms with Crippen molar-refractivity contribution in [3.05, 3.63) is 24.3 Å². The largest absolute Gasteiger partial charge is 0.481 e. The number of carboxylic acids is 1. The van der Waals surface area contributed by atoms with Crippen LogP contribution in [0.15, 0.2) is 29.2 Å². The number of benzene rings is 1. The minimum Gasteiger partial charge on any atom is -0.481 e. The molecule has 0 aliphatic rings. The zero-order chi connectivity index (χ0) is 24.7. The van der Waals surface area contributed by atoms with E-state index in [0.29, 0.717) is 5.75 Å². The normalized spacial score (nSPS) is 14.0. The number of amides is 1. The molecule has 2 atom stereocenters. The summed E-state index contributed by atoms with van der Waals surface area (Å²) in [6.07, 6.45) is 0. The first-order valence-corrected chi connectivity index (χ1v) is 12.0. The molecule has 0 aromatic heterocycles. The minimum absolute atomic E-state index is 0.131. The van der Waals surface area contributed by atoms with Crippen molar-refractivity contribution in [2.75, 3.05) is 6.61 Å². The number of carbonyl (C=O) groups excluding carboxylic acids is 1. The van der Waals surface area contributed by atoms with Crippen molar-refractivity contribution in [1.29, 1.82) is 0 Å². The first-order chi connectivity index (χ1) is 14.7. The molecule has 178 valence electrons. The van der Waals surface area contributed by atoms with Crippen LogP contribution in [-0.4, -0.2) is 53.3 Å². The smallest absolute Gasteiger partial charge is 0.317 e. The van der Waals surface area contributed by atoms with Gasteiger partial charge in [-0.1, -0.05) is 26.7 Å². The van der Waals surface area contributed by atoms with Crippen LogP contribution in [0.2, 0.25) is 0 Å². The Labute approximate surface area is 193 Å². The molecule has 0 aliphatic carbocycles. The zero-order valence-electron chi connectivity index (χ0n) is 18.9. The highest BCUT2D eigenvalue weighted by atomic mass is 32.2. The molecule has 32 heavy (non-hydrogen) atoms. The average Bonchev–Trinajstić information content (AvgIpc) is 2.69. The second-order valence-electron chi connectivity index (χ2n) is 8.52. The first kappa shape index (κ1) is 27.8. The Kier molecular flexibility index (Phi) is 9.59. The summed E-state index contributed by atoms with van der Waals surface area (Å²) in [5, 5.41) is 17.9. The number of sulfonamides is 1. The fraction of sp³-hybridized carbons (Fsp3) is 0.524. The fourth-order valence-electron chi connectivity index (χ4n) is 2.67. The van der Waals surface area contributed by atoms with Gasteiger partial charge in [-0.3, -0.25) is 14.8 Å². The van der Waals surface area contributed by atoms with E-state index in [1.165, 1.54) is 43.6 Å². The van der Waals surface area contributed by atoms with Gasteiger partial charge in [0.05, 0.1) is 4.90 Å². The number of rotatable bonds is 10. The number of nitrogens with one attached hydrogen (secondary N) is 2. The monoisotopic (exact) mass is 486 g/mol. The number of hydrogen-bond donors (Lipinski definition) is 4. The Bertz CT molecular complexity index is 972. The van der Waals surface area contributed by atoms with Gasteiger partial charge in [0.25, 0.3) is 5.91 Å². The van der Waals surface area contributed by atoms with Crippen LogP contribution in [0.1, 0.15) is 41.5 Å². The van der Waals surface area contributed by atoms with Gasteiger partial charge in [-0.25, -0.2) is 13.9 Å². The third-order valence-corrected chi connectivity index (χ3v) is 7.82. The predicted octanol–water partition coefficient (Wildman–Crippen LogP) is 2.25. The Morgan fingerprint density at radius 2 is 1.72 bits per heavy atom. The number of hydroxylamine groups is 1. The minimum atomic E-state index is -4.20. The van der Waals surface area contributed by atoms with Gasteiger partial charge in [0.1, 0.15) is 23.6 Å². The summed E-state index contributed by atoms with van der Waals surface area (Å²) in [6, 6.07) is 4.04. The van der Waals surface area contributed by atoms with Crippen molar-refractivity contribution in [3.63, 3.8) is 0 Å². The number of carbonyl (C=O) groups is 2. The number of aliphatic carboxylic acids is 1. The highest BCUT2D eigenvalue weighted by Gasteiger charge is 2.44. The maximum atomic E-state index is 12.9. The molecule has 0 spiro atoms. The van der Waals surface area contributed by atoms with E-state index in [-0.39, 0.29) is 11.5 Å². The summed E-state index contributed by atoms with van der Waals surface area (Å²) in [6.45, 7) is 10.1. The Morgan fingerprint density at radius 3 is 2.16 bits per heavy atom. The fourth-order valence-corrected chi connectivity index (χ4v) is 5.46. The second-order valence-corrected chi connectivity index (χ2v) is 12.0. The molecule has 0 radical (unpaired) electrons. The molecule has 0 saturated carbocycles. The van der Waals surface area contributed by atoms with Crippen LogP contribution >= 0.6 is 11.8 Å². The van der Waals surface area contributed by atoms with E-state index in [2.05, 4.69) is 16.6 Å². The average molecular weight is 487 g/mol. The molecule has 4 N–H and O–H groups in total. The van der Waals surface area contributed by atoms with E-state index in [0.717, 1.165) is 11.8 Å². The summed E-state index contributed by atoms with van der Waals surface area (Å²) in [7, 11) is -4.20. The highest BCUT2D eigenvalue weighted by Crippen LogP contribution is 2.40. The summed E-state index contributed by atoms with van der Waals surface area (Å²) in [4.78, 5) is 24.0. The van der Waals surface area contributed by atoms with Crippen LogP contribution in [0.4, 0.5) is 0 Å². The third-order valence-electron chi connectivity index (χ3n) is 4.39. The summed E-state index contributed by atoms with van der Waals surface area (Å²) in [5.74, 6) is 3.71. The Morgan fingerprint density at radius 1 is 1.16 bits per heavy atom. The van der Waals surface area contributed by atoms with Crippen LogP contribution in [0, 0.1) is 17.3 Å². The summed E-state index contributed by atoms with van der Waals surface area (Å²) < 4.78 is 32.3. The molecule has 1 amide bonds. The molecule has 1 aromatic rings. The summed E-state index contributed by atoms with van der Waals surface area (Å²) in [5.41, 5.74) is 0.789. The number of hydrogen-bond acceptors (Lipinski definition) is 7. The van der Waals surface area contributed by atoms with E-state index in [4.69, 9.17) is 4.74 Å². The molecule has 0 heterocycles. The zero-order valence-corrected chi connectivity index (χ0v) is 20.6. The molecule has 0 aliphatic heterocycles. The number of carboxylic acid groups (broad SMARTS) is 1. The molecule has 0 bridgehead atoms. The number of ether oxygens (including phenoxy) is 1. The molecular weight excluding hydrogens is 456 g/mol. The first-order valence-electron chi connectivity index (χ1n) is 9.65. The van der Waals surface area contributed by atoms with Crippen molar-refractivity contribution in [2.45, 2.75) is 62.5 Å². The lowest BCUT2D eigenvalue weighted by atomic mass is 9.92. The van der Waals surface area contributed by atoms with Gasteiger partial charge in [-0.05, 0) is 50.5 Å². The van der Waals surface area contributed by atoms with Gasteiger partial charge in [-0.2, -0.15) is 4.72 Å². The molecule has 0 fully saturated rings. The predicted molar refractivity (Wildman–Crippen MR) is 122 cm³/mol. The van der Waals surface area contributed by atoms with Gasteiger partial charge in [0.15, 0.2) is 0 Å². The van der Waals surface area contributed by atoms with Crippen LogP contribution in [0.5, 0.6) is 5.75 Å². The molecule has 1 aromatic carbocycles. The van der Waals surface area contributed by atoms with Crippen LogP contribution in [0.3, 0.4) is 0 Å². The third kappa shape index (κ3) is 7.70. The van der Waals surface area contributed by atoms with Crippen molar-refractivity contribution < 1.29 is 33.1 Å². The Balaban J connectivity index is 3.20. The van der Waals surface area contributed by atoms with Crippen molar-refractivity contribution in [1.82, 2.24) is 10.2 Å².